The van der Waals surface area contributed by atoms with Crippen LogP contribution >= 0.6 is 0 Å². The van der Waals surface area contributed by atoms with E-state index < -0.39 is 35.8 Å². The normalized spacial score (nSPS) is 23.0. The van der Waals surface area contributed by atoms with E-state index in [1.165, 1.54) is 15.9 Å². The lowest BCUT2D eigenvalue weighted by Gasteiger charge is -2.37. The molecule has 2 heterocycles. The van der Waals surface area contributed by atoms with Crippen molar-refractivity contribution in [2.75, 3.05) is 37.7 Å². The van der Waals surface area contributed by atoms with Crippen LogP contribution in [0, 0.1) is 5.82 Å². The van der Waals surface area contributed by atoms with Crippen molar-refractivity contribution >= 4 is 17.9 Å². The Hall–Kier alpha value is -2.39. The van der Waals surface area contributed by atoms with E-state index in [0.29, 0.717) is 30.9 Å². The molecule has 9 heteroatoms. The lowest BCUT2D eigenvalue weighted by atomic mass is 10.0. The van der Waals surface area contributed by atoms with Gasteiger partial charge < -0.3 is 19.9 Å². The topological polar surface area (TPSA) is 91.3 Å². The van der Waals surface area contributed by atoms with Gasteiger partial charge in [0.2, 0.25) is 0 Å². The molecule has 2 aliphatic rings. The zero-order valence-corrected chi connectivity index (χ0v) is 16.3. The quantitative estimate of drug-likeness (QED) is 0.814. The number of piperazine rings is 1. The number of benzene rings is 1. The number of aliphatic hydroxyl groups is 1. The summed E-state index contributed by atoms with van der Waals surface area (Å²) in [6.07, 6.45) is -1.74. The molecule has 2 aliphatic heterocycles. The number of ether oxygens (including phenoxy) is 2. The number of aliphatic hydroxyl groups excluding tert-OH is 1. The van der Waals surface area contributed by atoms with E-state index in [2.05, 4.69) is 5.32 Å². The highest BCUT2D eigenvalue weighted by Crippen LogP contribution is 2.30. The minimum atomic E-state index is -0.645. The smallest absolute Gasteiger partial charge is 0.414 e. The first-order valence-corrected chi connectivity index (χ1v) is 9.28. The molecule has 2 fully saturated rings. The fraction of sp³-hybridized carbons (Fsp3) is 0.579. The van der Waals surface area contributed by atoms with Crippen LogP contribution in [-0.2, 0) is 9.47 Å². The number of carbonyl (C=O) groups excluding carboxylic acids is 2. The molecule has 8 nitrogen and oxygen atoms in total. The molecule has 2 unspecified atom stereocenters. The van der Waals surface area contributed by atoms with E-state index in [4.69, 9.17) is 14.6 Å². The Balaban J connectivity index is 1.82. The molecule has 0 saturated carbocycles. The van der Waals surface area contributed by atoms with Gasteiger partial charge in [0, 0.05) is 25.2 Å². The average Bonchev–Trinajstić information content (AvgIpc) is 3.01. The second kappa shape index (κ2) is 7.92. The molecular weight excluding hydrogens is 369 g/mol. The zero-order chi connectivity index (χ0) is 20.5. The minimum absolute atomic E-state index is 0.156. The second-order valence-electron chi connectivity index (χ2n) is 7.90. The number of halogens is 1. The summed E-state index contributed by atoms with van der Waals surface area (Å²) in [6.45, 7) is 6.61. The number of nitrogens with zero attached hydrogens (tertiary/aromatic N) is 2. The van der Waals surface area contributed by atoms with Crippen LogP contribution in [0.2, 0.25) is 0 Å². The van der Waals surface area contributed by atoms with Gasteiger partial charge in [0.15, 0.2) is 0 Å². The van der Waals surface area contributed by atoms with Gasteiger partial charge in [0.1, 0.15) is 17.5 Å². The Morgan fingerprint density at radius 1 is 1.43 bits per heavy atom. The molecule has 3 rings (SSSR count). The summed E-state index contributed by atoms with van der Waals surface area (Å²) < 4.78 is 25.4. The van der Waals surface area contributed by atoms with Crippen molar-refractivity contribution in [3.63, 3.8) is 0 Å². The maximum atomic E-state index is 14.9. The maximum Gasteiger partial charge on any atom is 0.414 e. The number of hydrogen-bond donors (Lipinski definition) is 2. The van der Waals surface area contributed by atoms with E-state index in [1.807, 2.05) is 0 Å². The third-order valence-electron chi connectivity index (χ3n) is 4.60. The van der Waals surface area contributed by atoms with Crippen LogP contribution < -0.4 is 10.2 Å². The highest BCUT2D eigenvalue weighted by molar-refractivity contribution is 5.89. The van der Waals surface area contributed by atoms with Gasteiger partial charge in [0.25, 0.3) is 0 Å². The van der Waals surface area contributed by atoms with Crippen LogP contribution in [0.1, 0.15) is 32.4 Å². The standard InChI is InChI=1S/C19H26FN3O5/c1-19(2,3)28-18(26)22-7-6-21-9-16(22)14-5-4-12(8-15(14)20)23-10-13(11-24)27-17(23)25/h4-5,8,13,16,21,24H,6-7,9-11H2,1-3H3. The van der Waals surface area contributed by atoms with Gasteiger partial charge >= 0.3 is 12.2 Å². The number of nitrogens with one attached hydrogen (secondary N) is 1. The fourth-order valence-corrected chi connectivity index (χ4v) is 3.30. The largest absolute Gasteiger partial charge is 0.444 e. The molecule has 2 N–H and O–H groups in total. The van der Waals surface area contributed by atoms with E-state index in [1.54, 1.807) is 32.9 Å². The number of carbonyl (C=O) groups is 2. The van der Waals surface area contributed by atoms with Crippen molar-refractivity contribution < 1.29 is 28.6 Å². The molecule has 2 saturated heterocycles. The predicted molar refractivity (Wildman–Crippen MR) is 99.7 cm³/mol. The molecule has 1 aromatic carbocycles. The Kier molecular flexibility index (Phi) is 5.76. The van der Waals surface area contributed by atoms with Gasteiger partial charge in [0.05, 0.1) is 24.9 Å². The van der Waals surface area contributed by atoms with Crippen LogP contribution in [0.4, 0.5) is 19.7 Å². The van der Waals surface area contributed by atoms with E-state index in [-0.39, 0.29) is 13.2 Å². The van der Waals surface area contributed by atoms with Crippen molar-refractivity contribution in [3.05, 3.63) is 29.6 Å². The van der Waals surface area contributed by atoms with Crippen LogP contribution in [-0.4, -0.2) is 66.7 Å². The van der Waals surface area contributed by atoms with Gasteiger partial charge in [-0.2, -0.15) is 0 Å². The maximum absolute atomic E-state index is 14.9. The number of amides is 2. The molecule has 1 aromatic rings. The highest BCUT2D eigenvalue weighted by atomic mass is 19.1. The van der Waals surface area contributed by atoms with Gasteiger partial charge in [-0.05, 0) is 32.9 Å². The monoisotopic (exact) mass is 395 g/mol. The summed E-state index contributed by atoms with van der Waals surface area (Å²) >= 11 is 0. The van der Waals surface area contributed by atoms with Crippen LogP contribution in [0.15, 0.2) is 18.2 Å². The van der Waals surface area contributed by atoms with Crippen molar-refractivity contribution in [2.24, 2.45) is 0 Å². The van der Waals surface area contributed by atoms with E-state index >= 15 is 0 Å². The van der Waals surface area contributed by atoms with Crippen LogP contribution in [0.5, 0.6) is 0 Å². The highest BCUT2D eigenvalue weighted by Gasteiger charge is 2.35. The summed E-state index contributed by atoms with van der Waals surface area (Å²) in [4.78, 5) is 27.3. The summed E-state index contributed by atoms with van der Waals surface area (Å²) in [5.74, 6) is -0.528. The first kappa shape index (κ1) is 20.3. The molecule has 0 spiro atoms. The van der Waals surface area contributed by atoms with Crippen molar-refractivity contribution in [3.8, 4) is 0 Å². The fourth-order valence-electron chi connectivity index (χ4n) is 3.30. The van der Waals surface area contributed by atoms with Crippen LogP contribution in [0.3, 0.4) is 0 Å². The van der Waals surface area contributed by atoms with E-state index in [0.717, 1.165) is 0 Å². The predicted octanol–water partition coefficient (Wildman–Crippen LogP) is 2.02. The minimum Gasteiger partial charge on any atom is -0.444 e. The lowest BCUT2D eigenvalue weighted by Crippen LogP contribution is -2.50. The second-order valence-corrected chi connectivity index (χ2v) is 7.90. The summed E-state index contributed by atoms with van der Waals surface area (Å²) in [5.41, 5.74) is 0.0386. The van der Waals surface area contributed by atoms with Crippen molar-refractivity contribution in [1.82, 2.24) is 10.2 Å². The molecule has 0 radical (unpaired) electrons. The molecule has 28 heavy (non-hydrogen) atoms. The molecular formula is C19H26FN3O5. The third kappa shape index (κ3) is 4.36. The van der Waals surface area contributed by atoms with Gasteiger partial charge in [-0.1, -0.05) is 6.07 Å². The van der Waals surface area contributed by atoms with Gasteiger partial charge in [-0.15, -0.1) is 0 Å². The molecule has 0 bridgehead atoms. The molecule has 2 amide bonds. The number of rotatable bonds is 3. The number of anilines is 1. The SMILES string of the molecule is CC(C)(C)OC(=O)N1CCNCC1c1ccc(N2CC(CO)OC2=O)cc1F. The molecule has 0 aromatic heterocycles. The third-order valence-corrected chi connectivity index (χ3v) is 4.60. The van der Waals surface area contributed by atoms with E-state index in [9.17, 15) is 14.0 Å². The zero-order valence-electron chi connectivity index (χ0n) is 16.3. The number of hydrogen-bond acceptors (Lipinski definition) is 6. The Bertz CT molecular complexity index is 752. The van der Waals surface area contributed by atoms with Crippen molar-refractivity contribution in [1.29, 1.82) is 0 Å². The summed E-state index contributed by atoms with van der Waals surface area (Å²) in [5, 5.41) is 12.3. The first-order chi connectivity index (χ1) is 13.2. The molecule has 0 aliphatic carbocycles. The average molecular weight is 395 g/mol. The Morgan fingerprint density at radius 3 is 2.79 bits per heavy atom. The first-order valence-electron chi connectivity index (χ1n) is 9.28. The summed E-state index contributed by atoms with van der Waals surface area (Å²) in [7, 11) is 0. The van der Waals surface area contributed by atoms with Gasteiger partial charge in [-0.3, -0.25) is 9.80 Å². The van der Waals surface area contributed by atoms with Crippen LogP contribution in [0.25, 0.3) is 0 Å². The Morgan fingerprint density at radius 2 is 2.18 bits per heavy atom. The molecule has 2 atom stereocenters. The lowest BCUT2D eigenvalue weighted by molar-refractivity contribution is 0.0114. The number of cyclic esters (lactones) is 1. The Labute approximate surface area is 163 Å². The molecule has 154 valence electrons. The van der Waals surface area contributed by atoms with Gasteiger partial charge in [-0.25, -0.2) is 14.0 Å². The summed E-state index contributed by atoms with van der Waals surface area (Å²) in [6, 6.07) is 3.91. The van der Waals surface area contributed by atoms with Crippen molar-refractivity contribution in [2.45, 2.75) is 38.5 Å².